The third kappa shape index (κ3) is 4.40. The number of halogens is 6. The quantitative estimate of drug-likeness (QED) is 0.619. The summed E-state index contributed by atoms with van der Waals surface area (Å²) in [6, 6.07) is 7.64. The van der Waals surface area contributed by atoms with Crippen molar-refractivity contribution in [3.8, 4) is 0 Å². The Hall–Kier alpha value is -2.04. The lowest BCUT2D eigenvalue weighted by molar-refractivity contribution is -0.275. The lowest BCUT2D eigenvalue weighted by atomic mass is 9.86. The normalized spacial score (nSPS) is 23.1. The van der Waals surface area contributed by atoms with Crippen LogP contribution < -0.4 is 10.8 Å². The first-order valence-corrected chi connectivity index (χ1v) is 10.5. The molecule has 2 atom stereocenters. The molecular formula is C20H15Cl3F3N3O3. The predicted molar refractivity (Wildman–Crippen MR) is 113 cm³/mol. The second-order valence-electron chi connectivity index (χ2n) is 7.31. The summed E-state index contributed by atoms with van der Waals surface area (Å²) in [6.45, 7) is 0.755. The molecule has 0 saturated carbocycles. The van der Waals surface area contributed by atoms with Gasteiger partial charge in [-0.1, -0.05) is 46.0 Å². The fraction of sp³-hybridized carbons (Fsp3) is 0.300. The van der Waals surface area contributed by atoms with E-state index in [1.807, 2.05) is 0 Å². The summed E-state index contributed by atoms with van der Waals surface area (Å²) in [5.41, 5.74) is 0.0964. The van der Waals surface area contributed by atoms with Crippen molar-refractivity contribution >= 4 is 46.4 Å². The number of carbonyl (C=O) groups is 1. The van der Waals surface area contributed by atoms with Crippen LogP contribution in [0.3, 0.4) is 0 Å². The number of carbonyl (C=O) groups excluding carboxylic acids is 1. The van der Waals surface area contributed by atoms with Crippen LogP contribution in [-0.4, -0.2) is 37.0 Å². The van der Waals surface area contributed by atoms with Gasteiger partial charge in [-0.3, -0.25) is 9.63 Å². The third-order valence-electron chi connectivity index (χ3n) is 5.11. The van der Waals surface area contributed by atoms with Crippen molar-refractivity contribution in [3.05, 3.63) is 68.2 Å². The molecule has 0 radical (unpaired) electrons. The van der Waals surface area contributed by atoms with Gasteiger partial charge in [-0.2, -0.15) is 13.2 Å². The van der Waals surface area contributed by atoms with Crippen molar-refractivity contribution in [2.45, 2.75) is 24.2 Å². The van der Waals surface area contributed by atoms with E-state index in [-0.39, 0.29) is 43.5 Å². The van der Waals surface area contributed by atoms with Crippen molar-refractivity contribution in [1.29, 1.82) is 0 Å². The maximum Gasteiger partial charge on any atom is 0.435 e. The molecule has 1 fully saturated rings. The molecule has 0 spiro atoms. The van der Waals surface area contributed by atoms with Gasteiger partial charge in [0.15, 0.2) is 0 Å². The molecule has 2 aromatic carbocycles. The van der Waals surface area contributed by atoms with Gasteiger partial charge in [0.2, 0.25) is 0 Å². The number of nitrogens with zero attached hydrogens (tertiary/aromatic N) is 1. The van der Waals surface area contributed by atoms with Crippen LogP contribution in [0.2, 0.25) is 15.1 Å². The Balaban J connectivity index is 1.59. The second kappa shape index (κ2) is 8.72. The SMILES string of the molecule is O=C(N[C@@H]1CNOC1)c1ccc(C2=NO[C@@](c3cc(Cl)cc(Cl)c3)(C(F)(F)F)C2)cc1Cl. The zero-order chi connectivity index (χ0) is 23.1. The Morgan fingerprint density at radius 2 is 1.88 bits per heavy atom. The Kier molecular flexibility index (Phi) is 6.30. The summed E-state index contributed by atoms with van der Waals surface area (Å²) in [7, 11) is 0. The number of oxime groups is 1. The molecule has 0 bridgehead atoms. The molecule has 4 rings (SSSR count). The van der Waals surface area contributed by atoms with Gasteiger partial charge in [-0.05, 0) is 30.3 Å². The molecule has 2 heterocycles. The minimum atomic E-state index is -4.81. The van der Waals surface area contributed by atoms with E-state index in [1.54, 1.807) is 0 Å². The maximum absolute atomic E-state index is 14.1. The molecule has 1 amide bonds. The molecule has 2 aliphatic heterocycles. The van der Waals surface area contributed by atoms with E-state index in [0.29, 0.717) is 13.2 Å². The van der Waals surface area contributed by atoms with Crippen LogP contribution in [0, 0.1) is 0 Å². The summed E-state index contributed by atoms with van der Waals surface area (Å²) in [4.78, 5) is 22.4. The average Bonchev–Trinajstić information content (AvgIpc) is 3.37. The number of amides is 1. The second-order valence-corrected chi connectivity index (χ2v) is 8.59. The number of hydrogen-bond acceptors (Lipinski definition) is 5. The minimum Gasteiger partial charge on any atom is -0.374 e. The van der Waals surface area contributed by atoms with Crippen molar-refractivity contribution in [2.75, 3.05) is 13.2 Å². The molecule has 0 aliphatic carbocycles. The lowest BCUT2D eigenvalue weighted by Crippen LogP contribution is -2.42. The third-order valence-corrected chi connectivity index (χ3v) is 5.86. The van der Waals surface area contributed by atoms with Crippen LogP contribution in [0.4, 0.5) is 13.2 Å². The zero-order valence-corrected chi connectivity index (χ0v) is 18.4. The van der Waals surface area contributed by atoms with Crippen LogP contribution in [0.1, 0.15) is 27.9 Å². The molecule has 2 aromatic rings. The first kappa shape index (κ1) is 23.1. The number of rotatable bonds is 4. The molecule has 1 saturated heterocycles. The van der Waals surface area contributed by atoms with Gasteiger partial charge in [-0.15, -0.1) is 0 Å². The van der Waals surface area contributed by atoms with Crippen LogP contribution in [0.25, 0.3) is 0 Å². The van der Waals surface area contributed by atoms with Crippen LogP contribution in [-0.2, 0) is 15.3 Å². The Morgan fingerprint density at radius 1 is 1.16 bits per heavy atom. The van der Waals surface area contributed by atoms with Crippen LogP contribution in [0.5, 0.6) is 0 Å². The van der Waals surface area contributed by atoms with Gasteiger partial charge in [0.05, 0.1) is 28.9 Å². The van der Waals surface area contributed by atoms with Crippen LogP contribution in [0.15, 0.2) is 41.6 Å². The highest BCUT2D eigenvalue weighted by atomic mass is 35.5. The maximum atomic E-state index is 14.1. The molecule has 0 unspecified atom stereocenters. The Morgan fingerprint density at radius 3 is 2.47 bits per heavy atom. The van der Waals surface area contributed by atoms with Gasteiger partial charge >= 0.3 is 6.18 Å². The van der Waals surface area contributed by atoms with Crippen molar-refractivity contribution in [3.63, 3.8) is 0 Å². The van der Waals surface area contributed by atoms with E-state index in [9.17, 15) is 18.0 Å². The van der Waals surface area contributed by atoms with E-state index >= 15 is 0 Å². The summed E-state index contributed by atoms with van der Waals surface area (Å²) in [5, 5.41) is 6.57. The Labute approximate surface area is 195 Å². The molecule has 2 N–H and O–H groups in total. The molecule has 32 heavy (non-hydrogen) atoms. The van der Waals surface area contributed by atoms with Crippen molar-refractivity contribution in [1.82, 2.24) is 10.8 Å². The highest BCUT2D eigenvalue weighted by Crippen LogP contribution is 2.49. The van der Waals surface area contributed by atoms with E-state index in [4.69, 9.17) is 44.5 Å². The molecule has 6 nitrogen and oxygen atoms in total. The minimum absolute atomic E-state index is 0.0145. The highest BCUT2D eigenvalue weighted by molar-refractivity contribution is 6.35. The van der Waals surface area contributed by atoms with E-state index < -0.39 is 24.1 Å². The zero-order valence-electron chi connectivity index (χ0n) is 16.1. The molecule has 0 aromatic heterocycles. The fourth-order valence-corrected chi connectivity index (χ4v) is 4.25. The molecule has 2 aliphatic rings. The number of hydrogen-bond donors (Lipinski definition) is 2. The van der Waals surface area contributed by atoms with E-state index in [1.165, 1.54) is 24.3 Å². The molecule has 12 heteroatoms. The van der Waals surface area contributed by atoms with Crippen molar-refractivity contribution in [2.24, 2.45) is 5.16 Å². The predicted octanol–water partition coefficient (Wildman–Crippen LogP) is 4.86. The summed E-state index contributed by atoms with van der Waals surface area (Å²) >= 11 is 18.1. The average molecular weight is 509 g/mol. The van der Waals surface area contributed by atoms with Crippen molar-refractivity contribution < 1.29 is 27.6 Å². The lowest BCUT2D eigenvalue weighted by Gasteiger charge is -2.29. The fourth-order valence-electron chi connectivity index (χ4n) is 3.46. The largest absolute Gasteiger partial charge is 0.435 e. The topological polar surface area (TPSA) is 72.0 Å². The standard InChI is InChI=1S/C20H15Cl3F3N3O3/c21-12-4-11(5-13(22)6-12)19(20(24,25)26)7-17(29-32-19)10-1-2-15(16(23)3-10)18(30)28-14-8-27-31-9-14/h1-6,14,27H,7-9H2,(H,28,30)/t14-,19+/m1/s1. The summed E-state index contributed by atoms with van der Waals surface area (Å²) < 4.78 is 42.4. The van der Waals surface area contributed by atoms with Gasteiger partial charge in [0, 0.05) is 34.1 Å². The summed E-state index contributed by atoms with van der Waals surface area (Å²) in [6.07, 6.45) is -5.44. The number of nitrogens with one attached hydrogen (secondary N) is 2. The van der Waals surface area contributed by atoms with Gasteiger partial charge in [-0.25, -0.2) is 5.48 Å². The highest BCUT2D eigenvalue weighted by Gasteiger charge is 2.62. The molecule has 170 valence electrons. The summed E-state index contributed by atoms with van der Waals surface area (Å²) in [5.74, 6) is -0.429. The van der Waals surface area contributed by atoms with Gasteiger partial charge < -0.3 is 10.2 Å². The molecular weight excluding hydrogens is 494 g/mol. The van der Waals surface area contributed by atoms with E-state index in [2.05, 4.69) is 16.0 Å². The van der Waals surface area contributed by atoms with Gasteiger partial charge in [0.1, 0.15) is 0 Å². The smallest absolute Gasteiger partial charge is 0.374 e. The van der Waals surface area contributed by atoms with Gasteiger partial charge in [0.25, 0.3) is 11.5 Å². The number of alkyl halides is 3. The Bertz CT molecular complexity index is 1070. The first-order chi connectivity index (χ1) is 15.1. The number of benzene rings is 2. The van der Waals surface area contributed by atoms with E-state index in [0.717, 1.165) is 12.1 Å². The first-order valence-electron chi connectivity index (χ1n) is 9.33. The number of hydroxylamine groups is 1. The monoisotopic (exact) mass is 507 g/mol. The van der Waals surface area contributed by atoms with Crippen LogP contribution >= 0.6 is 34.8 Å².